The number of aryl methyl sites for hydroxylation is 1. The van der Waals surface area contributed by atoms with Gasteiger partial charge in [0.2, 0.25) is 0 Å². The highest BCUT2D eigenvalue weighted by Gasteiger charge is 2.08. The second-order valence-corrected chi connectivity index (χ2v) is 5.14. The normalized spacial score (nSPS) is 12.4. The molecule has 2 N–H and O–H groups in total. The van der Waals surface area contributed by atoms with E-state index in [0.717, 1.165) is 35.1 Å². The fourth-order valence-corrected chi connectivity index (χ4v) is 2.35. The molecule has 0 bridgehead atoms. The third-order valence-corrected chi connectivity index (χ3v) is 3.50. The third-order valence-electron chi connectivity index (χ3n) is 3.50. The van der Waals surface area contributed by atoms with Gasteiger partial charge in [-0.05, 0) is 68.0 Å². The molecule has 0 aliphatic rings. The van der Waals surface area contributed by atoms with Crippen molar-refractivity contribution in [2.75, 3.05) is 0 Å². The van der Waals surface area contributed by atoms with E-state index in [4.69, 9.17) is 5.73 Å². The molecule has 0 radical (unpaired) electrons. The minimum atomic E-state index is -0.220. The molecule has 0 aliphatic heterocycles. The van der Waals surface area contributed by atoms with E-state index in [-0.39, 0.29) is 5.82 Å². The molecule has 1 aromatic rings. The van der Waals surface area contributed by atoms with E-state index in [2.05, 4.69) is 19.2 Å². The number of nitrogens with two attached hydrogens (primary N) is 1. The topological polar surface area (TPSA) is 26.0 Å². The summed E-state index contributed by atoms with van der Waals surface area (Å²) in [6.07, 6.45) is 5.69. The predicted molar refractivity (Wildman–Crippen MR) is 90.3 cm³/mol. The van der Waals surface area contributed by atoms with E-state index in [1.165, 1.54) is 6.07 Å². The summed E-state index contributed by atoms with van der Waals surface area (Å²) in [5.41, 5.74) is 10.9. The van der Waals surface area contributed by atoms with Gasteiger partial charge in [-0.2, -0.15) is 0 Å². The first-order valence-corrected chi connectivity index (χ1v) is 7.11. The van der Waals surface area contributed by atoms with Crippen LogP contribution in [0.1, 0.15) is 38.3 Å². The van der Waals surface area contributed by atoms with E-state index in [1.54, 1.807) is 0 Å². The van der Waals surface area contributed by atoms with Crippen molar-refractivity contribution < 1.29 is 4.39 Å². The molecule has 0 unspecified atom stereocenters. The van der Waals surface area contributed by atoms with Crippen molar-refractivity contribution in [3.63, 3.8) is 0 Å². The zero-order valence-corrected chi connectivity index (χ0v) is 13.2. The second-order valence-electron chi connectivity index (χ2n) is 5.14. The fraction of sp³-hybridized carbons (Fsp3) is 0.263. The van der Waals surface area contributed by atoms with Gasteiger partial charge in [0, 0.05) is 11.3 Å². The zero-order chi connectivity index (χ0) is 16.0. The number of hydrogen-bond donors (Lipinski definition) is 1. The van der Waals surface area contributed by atoms with Crippen molar-refractivity contribution in [3.8, 4) is 0 Å². The van der Waals surface area contributed by atoms with Crippen LogP contribution in [0.25, 0.3) is 5.57 Å². The summed E-state index contributed by atoms with van der Waals surface area (Å²) in [5.74, 6) is -0.220. The number of rotatable bonds is 6. The molecule has 0 saturated heterocycles. The Labute approximate surface area is 127 Å². The van der Waals surface area contributed by atoms with Gasteiger partial charge in [0.1, 0.15) is 5.82 Å². The third kappa shape index (κ3) is 4.45. The van der Waals surface area contributed by atoms with Crippen LogP contribution < -0.4 is 5.73 Å². The molecular weight excluding hydrogens is 261 g/mol. The zero-order valence-electron chi connectivity index (χ0n) is 13.2. The van der Waals surface area contributed by atoms with Gasteiger partial charge in [-0.25, -0.2) is 4.39 Å². The summed E-state index contributed by atoms with van der Waals surface area (Å²) in [4.78, 5) is 0. The van der Waals surface area contributed by atoms with E-state index < -0.39 is 0 Å². The van der Waals surface area contributed by atoms with Crippen LogP contribution in [-0.4, -0.2) is 0 Å². The number of allylic oxidation sites excluding steroid dienone is 4. The monoisotopic (exact) mass is 285 g/mol. The van der Waals surface area contributed by atoms with Crippen LogP contribution in [0.5, 0.6) is 0 Å². The summed E-state index contributed by atoms with van der Waals surface area (Å²) in [6.45, 7) is 13.4. The van der Waals surface area contributed by atoms with Crippen molar-refractivity contribution in [3.05, 3.63) is 77.3 Å². The maximum atomic E-state index is 13.7. The van der Waals surface area contributed by atoms with E-state index in [1.807, 2.05) is 39.0 Å². The molecule has 0 amide bonds. The molecule has 112 valence electrons. The molecule has 1 rings (SSSR count). The Morgan fingerprint density at radius 3 is 2.38 bits per heavy atom. The van der Waals surface area contributed by atoms with Crippen LogP contribution in [0.4, 0.5) is 4.39 Å². The molecule has 1 aromatic carbocycles. The maximum Gasteiger partial charge on any atom is 0.130 e. The maximum absolute atomic E-state index is 13.7. The Kier molecular flexibility index (Phi) is 6.16. The van der Waals surface area contributed by atoms with Gasteiger partial charge in [0.15, 0.2) is 0 Å². The quantitative estimate of drug-likeness (QED) is 0.718. The van der Waals surface area contributed by atoms with E-state index >= 15 is 0 Å². The average Bonchev–Trinajstić information content (AvgIpc) is 2.43. The lowest BCUT2D eigenvalue weighted by Crippen LogP contribution is -2.03. The molecule has 0 saturated carbocycles. The highest BCUT2D eigenvalue weighted by Crippen LogP contribution is 2.23. The molecule has 1 nitrogen and oxygen atoms in total. The molecule has 0 spiro atoms. The van der Waals surface area contributed by atoms with Crippen LogP contribution >= 0.6 is 0 Å². The molecule has 0 aromatic heterocycles. The van der Waals surface area contributed by atoms with E-state index in [9.17, 15) is 4.39 Å². The lowest BCUT2D eigenvalue weighted by Gasteiger charge is -2.12. The molecule has 0 heterocycles. The molecule has 0 aliphatic carbocycles. The van der Waals surface area contributed by atoms with Gasteiger partial charge in [-0.1, -0.05) is 31.4 Å². The first-order valence-electron chi connectivity index (χ1n) is 7.11. The Morgan fingerprint density at radius 2 is 1.90 bits per heavy atom. The fourth-order valence-electron chi connectivity index (χ4n) is 2.35. The predicted octanol–water partition coefficient (Wildman–Crippen LogP) is 5.16. The summed E-state index contributed by atoms with van der Waals surface area (Å²) in [5, 5.41) is 0. The number of benzene rings is 1. The van der Waals surface area contributed by atoms with Gasteiger partial charge >= 0.3 is 0 Å². The highest BCUT2D eigenvalue weighted by molar-refractivity contribution is 5.62. The smallest absolute Gasteiger partial charge is 0.130 e. The Morgan fingerprint density at radius 1 is 1.24 bits per heavy atom. The minimum absolute atomic E-state index is 0.220. The minimum Gasteiger partial charge on any atom is -0.399 e. The highest BCUT2D eigenvalue weighted by atomic mass is 19.1. The Bertz CT molecular complexity index is 606. The summed E-state index contributed by atoms with van der Waals surface area (Å²) in [6, 6.07) is 5.20. The molecule has 0 atom stereocenters. The summed E-state index contributed by atoms with van der Waals surface area (Å²) < 4.78 is 13.7. The Hall–Kier alpha value is -2.09. The Balaban J connectivity index is 2.90. The molecule has 0 fully saturated rings. The first kappa shape index (κ1) is 17.0. The van der Waals surface area contributed by atoms with Crippen molar-refractivity contribution >= 4 is 5.57 Å². The second kappa shape index (κ2) is 7.63. The number of hydrogen-bond acceptors (Lipinski definition) is 1. The number of halogens is 1. The molecular formula is C19H24FN. The summed E-state index contributed by atoms with van der Waals surface area (Å²) in [7, 11) is 0. The largest absolute Gasteiger partial charge is 0.399 e. The van der Waals surface area contributed by atoms with Crippen LogP contribution in [0.15, 0.2) is 60.4 Å². The van der Waals surface area contributed by atoms with Gasteiger partial charge in [0.25, 0.3) is 0 Å². The molecule has 2 heteroatoms. The van der Waals surface area contributed by atoms with Crippen molar-refractivity contribution in [2.24, 2.45) is 5.73 Å². The van der Waals surface area contributed by atoms with Gasteiger partial charge in [0.05, 0.1) is 0 Å². The van der Waals surface area contributed by atoms with Crippen molar-refractivity contribution in [2.45, 2.75) is 33.6 Å². The standard InChI is InChI=1S/C19H24FN/c1-6-16(17(7-2)14(5)21)10-8-15-9-11-19(20)18(12-15)13(3)4/h6-7,9,11-12H,3,5,8,10,21H2,1-2,4H3/b16-6-,17-7-. The molecule has 21 heavy (non-hydrogen) atoms. The van der Waals surface area contributed by atoms with Gasteiger partial charge in [-0.3, -0.25) is 0 Å². The van der Waals surface area contributed by atoms with E-state index in [0.29, 0.717) is 11.3 Å². The van der Waals surface area contributed by atoms with Gasteiger partial charge < -0.3 is 5.73 Å². The van der Waals surface area contributed by atoms with Crippen LogP contribution in [0, 0.1) is 5.82 Å². The summed E-state index contributed by atoms with van der Waals surface area (Å²) >= 11 is 0. The van der Waals surface area contributed by atoms with Crippen molar-refractivity contribution in [1.29, 1.82) is 0 Å². The lowest BCUT2D eigenvalue weighted by atomic mass is 9.95. The van der Waals surface area contributed by atoms with Crippen LogP contribution in [-0.2, 0) is 6.42 Å². The van der Waals surface area contributed by atoms with Gasteiger partial charge in [-0.15, -0.1) is 0 Å². The average molecular weight is 285 g/mol. The van der Waals surface area contributed by atoms with Crippen LogP contribution in [0.2, 0.25) is 0 Å². The van der Waals surface area contributed by atoms with Crippen molar-refractivity contribution in [1.82, 2.24) is 0 Å². The van der Waals surface area contributed by atoms with Crippen LogP contribution in [0.3, 0.4) is 0 Å². The SMILES string of the molecule is C=C(N)C(=C/C)/C(=C\C)CCc1ccc(F)c(C(=C)C)c1. The first-order chi connectivity index (χ1) is 9.90. The lowest BCUT2D eigenvalue weighted by molar-refractivity contribution is 0.623.